The van der Waals surface area contributed by atoms with Gasteiger partial charge in [-0.15, -0.1) is 0 Å². The van der Waals surface area contributed by atoms with Crippen LogP contribution in [0.4, 0.5) is 0 Å². The van der Waals surface area contributed by atoms with E-state index in [9.17, 15) is 4.79 Å². The molecule has 1 aromatic carbocycles. The molecule has 0 aliphatic heterocycles. The first-order valence-corrected chi connectivity index (χ1v) is 6.46. The number of ether oxygens (including phenoxy) is 1. The van der Waals surface area contributed by atoms with Gasteiger partial charge in [0.1, 0.15) is 5.69 Å². The molecule has 100 valence electrons. The van der Waals surface area contributed by atoms with E-state index in [4.69, 9.17) is 4.74 Å². The van der Waals surface area contributed by atoms with Gasteiger partial charge >= 0.3 is 5.97 Å². The molecule has 2 rings (SSSR count). The van der Waals surface area contributed by atoms with Crippen molar-refractivity contribution in [2.75, 3.05) is 6.61 Å². The van der Waals surface area contributed by atoms with Gasteiger partial charge in [-0.3, -0.25) is 0 Å². The molecule has 19 heavy (non-hydrogen) atoms. The van der Waals surface area contributed by atoms with Gasteiger partial charge in [0, 0.05) is 18.3 Å². The highest BCUT2D eigenvalue weighted by molar-refractivity contribution is 5.97. The normalized spacial score (nSPS) is 10.5. The standard InChI is InChI=1S/C16H19NO2/c1-5-19-16(18)15-14(11(2)12(3)17(15)4)13-9-7-6-8-10-13/h6-10H,5H2,1-4H3. The van der Waals surface area contributed by atoms with E-state index in [2.05, 4.69) is 0 Å². The number of esters is 1. The number of aromatic nitrogens is 1. The lowest BCUT2D eigenvalue weighted by Gasteiger charge is -2.08. The van der Waals surface area contributed by atoms with Crippen LogP contribution in [-0.4, -0.2) is 17.1 Å². The lowest BCUT2D eigenvalue weighted by molar-refractivity contribution is 0.0516. The number of nitrogens with zero attached hydrogens (tertiary/aromatic N) is 1. The van der Waals surface area contributed by atoms with E-state index in [1.54, 1.807) is 0 Å². The summed E-state index contributed by atoms with van der Waals surface area (Å²) in [6, 6.07) is 9.96. The Kier molecular flexibility index (Phi) is 3.74. The Bertz CT molecular complexity index is 597. The van der Waals surface area contributed by atoms with Crippen LogP contribution in [0.15, 0.2) is 30.3 Å². The van der Waals surface area contributed by atoms with Gasteiger partial charge in [0.15, 0.2) is 0 Å². The van der Waals surface area contributed by atoms with E-state index in [-0.39, 0.29) is 5.97 Å². The van der Waals surface area contributed by atoms with E-state index in [0.717, 1.165) is 22.4 Å². The zero-order valence-electron chi connectivity index (χ0n) is 11.9. The van der Waals surface area contributed by atoms with Crippen molar-refractivity contribution in [3.63, 3.8) is 0 Å². The van der Waals surface area contributed by atoms with Crippen molar-refractivity contribution in [3.05, 3.63) is 47.3 Å². The summed E-state index contributed by atoms with van der Waals surface area (Å²) in [6.45, 7) is 6.27. The van der Waals surface area contributed by atoms with Gasteiger partial charge in [0.2, 0.25) is 0 Å². The number of carbonyl (C=O) groups excluding carboxylic acids is 1. The Morgan fingerprint density at radius 1 is 1.21 bits per heavy atom. The lowest BCUT2D eigenvalue weighted by atomic mass is 10.0. The van der Waals surface area contributed by atoms with Gasteiger partial charge in [0.05, 0.1) is 6.61 Å². The Balaban J connectivity index is 2.66. The highest BCUT2D eigenvalue weighted by atomic mass is 16.5. The summed E-state index contributed by atoms with van der Waals surface area (Å²) in [4.78, 5) is 12.2. The van der Waals surface area contributed by atoms with Crippen molar-refractivity contribution < 1.29 is 9.53 Å². The molecule has 0 aliphatic rings. The fourth-order valence-corrected chi connectivity index (χ4v) is 2.34. The van der Waals surface area contributed by atoms with Gasteiger partial charge in [-0.2, -0.15) is 0 Å². The van der Waals surface area contributed by atoms with Crippen molar-refractivity contribution in [2.24, 2.45) is 7.05 Å². The molecule has 0 unspecified atom stereocenters. The van der Waals surface area contributed by atoms with Crippen molar-refractivity contribution >= 4 is 5.97 Å². The van der Waals surface area contributed by atoms with Crippen molar-refractivity contribution in [2.45, 2.75) is 20.8 Å². The van der Waals surface area contributed by atoms with E-state index in [1.807, 2.05) is 62.7 Å². The molecule has 0 atom stereocenters. The van der Waals surface area contributed by atoms with Gasteiger partial charge in [-0.25, -0.2) is 4.79 Å². The van der Waals surface area contributed by atoms with Gasteiger partial charge in [0.25, 0.3) is 0 Å². The predicted molar refractivity (Wildman–Crippen MR) is 76.3 cm³/mol. The second kappa shape index (κ2) is 5.31. The van der Waals surface area contributed by atoms with Crippen molar-refractivity contribution in [1.82, 2.24) is 4.57 Å². The third-order valence-corrected chi connectivity index (χ3v) is 3.52. The third kappa shape index (κ3) is 2.28. The molecule has 0 spiro atoms. The largest absolute Gasteiger partial charge is 0.461 e. The second-order valence-electron chi connectivity index (χ2n) is 4.58. The second-order valence-corrected chi connectivity index (χ2v) is 4.58. The van der Waals surface area contributed by atoms with E-state index in [0.29, 0.717) is 12.3 Å². The summed E-state index contributed by atoms with van der Waals surface area (Å²) in [6.07, 6.45) is 0. The van der Waals surface area contributed by atoms with Crippen molar-refractivity contribution in [3.8, 4) is 11.1 Å². The summed E-state index contributed by atoms with van der Waals surface area (Å²) in [5.74, 6) is -0.264. The van der Waals surface area contributed by atoms with Crippen LogP contribution in [-0.2, 0) is 11.8 Å². The molecule has 0 N–H and O–H groups in total. The first-order valence-electron chi connectivity index (χ1n) is 6.46. The molecule has 0 saturated carbocycles. The average molecular weight is 257 g/mol. The molecule has 3 heteroatoms. The number of benzene rings is 1. The Morgan fingerprint density at radius 3 is 2.42 bits per heavy atom. The fraction of sp³-hybridized carbons (Fsp3) is 0.312. The van der Waals surface area contributed by atoms with Crippen molar-refractivity contribution in [1.29, 1.82) is 0 Å². The van der Waals surface area contributed by atoms with Crippen LogP contribution >= 0.6 is 0 Å². The Labute approximate surface area is 113 Å². The molecular weight excluding hydrogens is 238 g/mol. The molecule has 3 nitrogen and oxygen atoms in total. The Hall–Kier alpha value is -2.03. The smallest absolute Gasteiger partial charge is 0.355 e. The molecule has 0 saturated heterocycles. The van der Waals surface area contributed by atoms with Gasteiger partial charge < -0.3 is 9.30 Å². The van der Waals surface area contributed by atoms with Crippen LogP contribution in [0.3, 0.4) is 0 Å². The Morgan fingerprint density at radius 2 is 1.84 bits per heavy atom. The molecule has 0 aliphatic carbocycles. The molecule has 0 bridgehead atoms. The summed E-state index contributed by atoms with van der Waals surface area (Å²) in [5.41, 5.74) is 4.85. The van der Waals surface area contributed by atoms with Gasteiger partial charge in [-0.05, 0) is 31.9 Å². The molecule has 0 radical (unpaired) electrons. The summed E-state index contributed by atoms with van der Waals surface area (Å²) < 4.78 is 7.09. The minimum atomic E-state index is -0.264. The molecule has 2 aromatic rings. The number of hydrogen-bond acceptors (Lipinski definition) is 2. The lowest BCUT2D eigenvalue weighted by Crippen LogP contribution is -2.11. The zero-order valence-corrected chi connectivity index (χ0v) is 11.9. The van der Waals surface area contributed by atoms with Crippen LogP contribution in [0.25, 0.3) is 11.1 Å². The summed E-state index contributed by atoms with van der Waals surface area (Å²) in [7, 11) is 1.90. The molecular formula is C16H19NO2. The first-order chi connectivity index (χ1) is 9.07. The average Bonchev–Trinajstić information content (AvgIpc) is 2.64. The number of carbonyl (C=O) groups is 1. The van der Waals surface area contributed by atoms with Crippen LogP contribution < -0.4 is 0 Å². The minimum absolute atomic E-state index is 0.264. The highest BCUT2D eigenvalue weighted by Crippen LogP contribution is 2.31. The van der Waals surface area contributed by atoms with Crippen LogP contribution in [0.1, 0.15) is 28.7 Å². The monoisotopic (exact) mass is 257 g/mol. The SMILES string of the molecule is CCOC(=O)c1c(-c2ccccc2)c(C)c(C)n1C. The van der Waals surface area contributed by atoms with Crippen LogP contribution in [0.5, 0.6) is 0 Å². The zero-order chi connectivity index (χ0) is 14.0. The van der Waals surface area contributed by atoms with E-state index >= 15 is 0 Å². The fourth-order valence-electron chi connectivity index (χ4n) is 2.34. The predicted octanol–water partition coefficient (Wildman–Crippen LogP) is 3.49. The maximum Gasteiger partial charge on any atom is 0.355 e. The minimum Gasteiger partial charge on any atom is -0.461 e. The maximum absolute atomic E-state index is 12.2. The topological polar surface area (TPSA) is 31.2 Å². The highest BCUT2D eigenvalue weighted by Gasteiger charge is 2.23. The van der Waals surface area contributed by atoms with Crippen LogP contribution in [0.2, 0.25) is 0 Å². The van der Waals surface area contributed by atoms with Gasteiger partial charge in [-0.1, -0.05) is 30.3 Å². The quantitative estimate of drug-likeness (QED) is 0.788. The molecule has 1 heterocycles. The number of rotatable bonds is 3. The molecule has 0 amide bonds. The number of hydrogen-bond donors (Lipinski definition) is 0. The van der Waals surface area contributed by atoms with Crippen LogP contribution in [0, 0.1) is 13.8 Å². The summed E-state index contributed by atoms with van der Waals surface area (Å²) in [5, 5.41) is 0. The summed E-state index contributed by atoms with van der Waals surface area (Å²) >= 11 is 0. The molecule has 1 aromatic heterocycles. The van der Waals surface area contributed by atoms with E-state index in [1.165, 1.54) is 0 Å². The molecule has 0 fully saturated rings. The third-order valence-electron chi connectivity index (χ3n) is 3.52. The maximum atomic E-state index is 12.2. The first kappa shape index (κ1) is 13.4. The van der Waals surface area contributed by atoms with E-state index < -0.39 is 0 Å².